The van der Waals surface area contributed by atoms with E-state index in [1.54, 1.807) is 13.4 Å². The average molecular weight is 440 g/mol. The van der Waals surface area contributed by atoms with E-state index < -0.39 is 0 Å². The molecule has 1 aliphatic heterocycles. The van der Waals surface area contributed by atoms with Crippen LogP contribution in [0.2, 0.25) is 0 Å². The van der Waals surface area contributed by atoms with Crippen molar-refractivity contribution in [1.29, 1.82) is 0 Å². The van der Waals surface area contributed by atoms with E-state index in [0.717, 1.165) is 64.9 Å². The van der Waals surface area contributed by atoms with Crippen LogP contribution in [0.4, 0.5) is 0 Å². The zero-order chi connectivity index (χ0) is 23.0. The Morgan fingerprint density at radius 3 is 3.00 bits per heavy atom. The molecule has 0 saturated carbocycles. The van der Waals surface area contributed by atoms with Crippen molar-refractivity contribution in [3.63, 3.8) is 0 Å². The predicted molar refractivity (Wildman–Crippen MR) is 135 cm³/mol. The van der Waals surface area contributed by atoms with Crippen LogP contribution in [0.3, 0.4) is 0 Å². The van der Waals surface area contributed by atoms with Crippen LogP contribution in [0, 0.1) is 12.3 Å². The van der Waals surface area contributed by atoms with Gasteiger partial charge in [-0.3, -0.25) is 9.98 Å². The van der Waals surface area contributed by atoms with E-state index >= 15 is 0 Å². The lowest BCUT2D eigenvalue weighted by atomic mass is 10.0. The second kappa shape index (κ2) is 10.8. The molecule has 2 aromatic heterocycles. The van der Waals surface area contributed by atoms with E-state index in [2.05, 4.69) is 62.4 Å². The van der Waals surface area contributed by atoms with E-state index in [9.17, 15) is 0 Å². The van der Waals surface area contributed by atoms with E-state index in [4.69, 9.17) is 11.2 Å². The number of hydrogen-bond donors (Lipinski definition) is 2. The molecule has 6 heteroatoms. The van der Waals surface area contributed by atoms with Crippen LogP contribution < -0.4 is 5.32 Å². The minimum Gasteiger partial charge on any atom is -0.473 e. The van der Waals surface area contributed by atoms with Gasteiger partial charge in [0.05, 0.1) is 28.8 Å². The number of fused-ring (bicyclic) bond motifs is 1. The Bertz CT molecular complexity index is 1240. The summed E-state index contributed by atoms with van der Waals surface area (Å²) in [4.78, 5) is 16.9. The van der Waals surface area contributed by atoms with Gasteiger partial charge in [-0.15, -0.1) is 12.3 Å². The summed E-state index contributed by atoms with van der Waals surface area (Å²) in [5.74, 6) is 3.37. The number of imidazole rings is 1. The second-order valence-corrected chi connectivity index (χ2v) is 7.93. The fourth-order valence-electron chi connectivity index (χ4n) is 3.95. The molecule has 3 heterocycles. The number of rotatable bonds is 7. The summed E-state index contributed by atoms with van der Waals surface area (Å²) in [7, 11) is 1.75. The van der Waals surface area contributed by atoms with Gasteiger partial charge in [-0.05, 0) is 43.2 Å². The molecule has 0 amide bonds. The minimum atomic E-state index is 0.140. The van der Waals surface area contributed by atoms with Gasteiger partial charge in [0, 0.05) is 37.2 Å². The number of H-pyrrole nitrogens is 1. The van der Waals surface area contributed by atoms with Crippen molar-refractivity contribution in [3.8, 4) is 23.6 Å². The van der Waals surface area contributed by atoms with E-state index in [0.29, 0.717) is 12.3 Å². The highest BCUT2D eigenvalue weighted by Crippen LogP contribution is 2.30. The minimum absolute atomic E-state index is 0.140. The lowest BCUT2D eigenvalue weighted by Crippen LogP contribution is -2.21. The third kappa shape index (κ3) is 5.21. The van der Waals surface area contributed by atoms with Crippen LogP contribution >= 0.6 is 0 Å². The Morgan fingerprint density at radius 1 is 1.33 bits per heavy atom. The molecule has 0 radical (unpaired) electrons. The van der Waals surface area contributed by atoms with Gasteiger partial charge >= 0.3 is 0 Å². The number of benzene rings is 1. The fourth-order valence-corrected chi connectivity index (χ4v) is 3.95. The number of aromatic amines is 1. The standard InChI is InChI=1S/C27H29N5O/c1-4-6-7-9-19(8-5-2)25-26(32-18-31-25)20-10-11-24-21(14-20)15-22(16-30-24)27(28-3)33-23-12-13-29-17-23/h2,6-7,9-11,14-16,18,23,29H,4,8,12-13,17H2,1,3H3,(H,31,32)/b7-6-,19-9+,28-27?. The first kappa shape index (κ1) is 22.5. The first-order valence-electron chi connectivity index (χ1n) is 11.3. The zero-order valence-corrected chi connectivity index (χ0v) is 19.1. The first-order valence-corrected chi connectivity index (χ1v) is 11.3. The third-order valence-electron chi connectivity index (χ3n) is 5.62. The van der Waals surface area contributed by atoms with Gasteiger partial charge in [0.2, 0.25) is 5.90 Å². The molecule has 1 unspecified atom stereocenters. The molecule has 0 bridgehead atoms. The summed E-state index contributed by atoms with van der Waals surface area (Å²) in [5, 5.41) is 4.33. The number of ether oxygens (including phenoxy) is 1. The van der Waals surface area contributed by atoms with Crippen LogP contribution in [-0.2, 0) is 4.74 Å². The molecule has 1 fully saturated rings. The Labute approximate surface area is 194 Å². The molecule has 3 aromatic rings. The lowest BCUT2D eigenvalue weighted by molar-refractivity contribution is 0.210. The molecule has 1 saturated heterocycles. The van der Waals surface area contributed by atoms with Gasteiger partial charge in [-0.2, -0.15) is 0 Å². The van der Waals surface area contributed by atoms with Gasteiger partial charge in [0.25, 0.3) is 0 Å². The molecule has 1 atom stereocenters. The van der Waals surface area contributed by atoms with Gasteiger partial charge < -0.3 is 15.0 Å². The Kier molecular flexibility index (Phi) is 7.33. The fraction of sp³-hybridized carbons (Fsp3) is 0.296. The summed E-state index contributed by atoms with van der Waals surface area (Å²) in [6.07, 6.45) is 17.9. The SMILES string of the molecule is C#CC/C(=C\C=C/CC)c1nc[nH]c1-c1ccc2ncc(C(=NC)OC3CCNC3)cc2c1. The van der Waals surface area contributed by atoms with E-state index in [1.165, 1.54) is 0 Å². The summed E-state index contributed by atoms with van der Waals surface area (Å²) in [6, 6.07) is 8.26. The Morgan fingerprint density at radius 2 is 2.24 bits per heavy atom. The van der Waals surface area contributed by atoms with Crippen molar-refractivity contribution in [3.05, 3.63) is 66.3 Å². The van der Waals surface area contributed by atoms with Crippen LogP contribution in [-0.4, -0.2) is 47.1 Å². The number of hydrogen-bond acceptors (Lipinski definition) is 5. The van der Waals surface area contributed by atoms with Crippen LogP contribution in [0.1, 0.15) is 37.4 Å². The predicted octanol–water partition coefficient (Wildman–Crippen LogP) is 4.75. The monoisotopic (exact) mass is 439 g/mol. The van der Waals surface area contributed by atoms with E-state index in [1.807, 2.05) is 24.4 Å². The van der Waals surface area contributed by atoms with Gasteiger partial charge in [0.15, 0.2) is 0 Å². The second-order valence-electron chi connectivity index (χ2n) is 7.93. The quantitative estimate of drug-likeness (QED) is 0.241. The maximum atomic E-state index is 6.12. The van der Waals surface area contributed by atoms with Crippen molar-refractivity contribution in [2.75, 3.05) is 20.1 Å². The summed E-state index contributed by atoms with van der Waals surface area (Å²) in [6.45, 7) is 3.92. The summed E-state index contributed by atoms with van der Waals surface area (Å²) >= 11 is 0. The number of aliphatic imine (C=N–C) groups is 1. The van der Waals surface area contributed by atoms with Crippen molar-refractivity contribution in [1.82, 2.24) is 20.3 Å². The van der Waals surface area contributed by atoms with Gasteiger partial charge in [0.1, 0.15) is 6.10 Å². The highest BCUT2D eigenvalue weighted by atomic mass is 16.5. The molecule has 6 nitrogen and oxygen atoms in total. The maximum absolute atomic E-state index is 6.12. The molecule has 1 aromatic carbocycles. The van der Waals surface area contributed by atoms with Crippen molar-refractivity contribution >= 4 is 22.4 Å². The lowest BCUT2D eigenvalue weighted by Gasteiger charge is -2.14. The molecule has 4 rings (SSSR count). The summed E-state index contributed by atoms with van der Waals surface area (Å²) in [5.41, 5.74) is 5.61. The summed E-state index contributed by atoms with van der Waals surface area (Å²) < 4.78 is 6.12. The van der Waals surface area contributed by atoms with Crippen LogP contribution in [0.5, 0.6) is 0 Å². The topological polar surface area (TPSA) is 75.2 Å². The average Bonchev–Trinajstić information content (AvgIpc) is 3.54. The number of allylic oxidation sites excluding steroid dienone is 4. The van der Waals surface area contributed by atoms with Crippen LogP contribution in [0.15, 0.2) is 60.0 Å². The molecule has 168 valence electrons. The smallest absolute Gasteiger partial charge is 0.217 e. The normalized spacial score (nSPS) is 17.1. The number of nitrogens with one attached hydrogen (secondary N) is 2. The molecular weight excluding hydrogens is 410 g/mol. The molecule has 2 N–H and O–H groups in total. The molecular formula is C27H29N5O. The number of nitrogens with zero attached hydrogens (tertiary/aromatic N) is 3. The maximum Gasteiger partial charge on any atom is 0.217 e. The molecule has 0 spiro atoms. The molecule has 33 heavy (non-hydrogen) atoms. The Hall–Kier alpha value is -3.69. The highest BCUT2D eigenvalue weighted by molar-refractivity contribution is 5.98. The highest BCUT2D eigenvalue weighted by Gasteiger charge is 2.19. The van der Waals surface area contributed by atoms with Crippen molar-refractivity contribution < 1.29 is 4.74 Å². The number of terminal acetylenes is 1. The largest absolute Gasteiger partial charge is 0.473 e. The van der Waals surface area contributed by atoms with Crippen LogP contribution in [0.25, 0.3) is 27.7 Å². The number of aromatic nitrogens is 3. The van der Waals surface area contributed by atoms with Gasteiger partial charge in [-0.25, -0.2) is 4.98 Å². The third-order valence-corrected chi connectivity index (χ3v) is 5.62. The van der Waals surface area contributed by atoms with Gasteiger partial charge in [-0.1, -0.05) is 31.2 Å². The molecule has 0 aliphatic carbocycles. The first-order chi connectivity index (χ1) is 16.2. The van der Waals surface area contributed by atoms with E-state index in [-0.39, 0.29) is 6.10 Å². The van der Waals surface area contributed by atoms with Crippen molar-refractivity contribution in [2.45, 2.75) is 32.3 Å². The Balaban J connectivity index is 1.69. The molecule has 1 aliphatic rings. The zero-order valence-electron chi connectivity index (χ0n) is 19.1. The number of pyridine rings is 1. The van der Waals surface area contributed by atoms with Crippen molar-refractivity contribution in [2.24, 2.45) is 4.99 Å².